The fourth-order valence-corrected chi connectivity index (χ4v) is 1.96. The van der Waals surface area contributed by atoms with E-state index in [-0.39, 0.29) is 12.0 Å². The molecule has 15 heavy (non-hydrogen) atoms. The van der Waals surface area contributed by atoms with Gasteiger partial charge in [-0.15, -0.1) is 0 Å². The molecule has 1 atom stereocenters. The molecule has 0 heterocycles. The molecule has 1 N–H and O–H groups in total. The predicted molar refractivity (Wildman–Crippen MR) is 68.8 cm³/mol. The molecule has 0 fully saturated rings. The first kappa shape index (κ1) is 12.5. The number of nitrogens with zero attached hydrogens (tertiary/aromatic N) is 1. The lowest BCUT2D eigenvalue weighted by Crippen LogP contribution is -2.15. The van der Waals surface area contributed by atoms with E-state index in [9.17, 15) is 0 Å². The van der Waals surface area contributed by atoms with E-state index in [1.165, 1.54) is 0 Å². The van der Waals surface area contributed by atoms with Gasteiger partial charge in [-0.3, -0.25) is 4.99 Å². The van der Waals surface area contributed by atoms with Crippen LogP contribution in [0.25, 0.3) is 0 Å². The second kappa shape index (κ2) is 6.85. The second-order valence-corrected chi connectivity index (χ2v) is 5.09. The van der Waals surface area contributed by atoms with Crippen molar-refractivity contribution >= 4 is 18.0 Å². The Morgan fingerprint density at radius 1 is 1.47 bits per heavy atom. The highest BCUT2D eigenvalue weighted by atomic mass is 32.2. The first-order valence-electron chi connectivity index (χ1n) is 5.31. The minimum Gasteiger partial charge on any atom is -0.396 e. The Bertz CT molecular complexity index is 260. The number of allylic oxidation sites excluding steroid dienone is 4. The van der Waals surface area contributed by atoms with Crippen molar-refractivity contribution < 1.29 is 5.11 Å². The summed E-state index contributed by atoms with van der Waals surface area (Å²) < 4.78 is 0. The number of aliphatic imine (C=N–C) groups is 1. The first-order chi connectivity index (χ1) is 7.27. The van der Waals surface area contributed by atoms with Crippen molar-refractivity contribution in [3.8, 4) is 0 Å². The van der Waals surface area contributed by atoms with Gasteiger partial charge in [0.25, 0.3) is 0 Å². The number of aliphatic hydroxyl groups excluding tert-OH is 1. The van der Waals surface area contributed by atoms with E-state index in [1.807, 2.05) is 6.21 Å². The highest BCUT2D eigenvalue weighted by Gasteiger charge is 2.17. The molecule has 0 aromatic rings. The molecule has 0 radical (unpaired) electrons. The zero-order valence-electron chi connectivity index (χ0n) is 9.22. The van der Waals surface area contributed by atoms with Crippen LogP contribution in [0.15, 0.2) is 29.3 Å². The van der Waals surface area contributed by atoms with Crippen LogP contribution in [-0.4, -0.2) is 36.0 Å². The summed E-state index contributed by atoms with van der Waals surface area (Å²) in [4.78, 5) is 4.43. The minimum absolute atomic E-state index is 0.108. The van der Waals surface area contributed by atoms with Gasteiger partial charge in [0.2, 0.25) is 0 Å². The van der Waals surface area contributed by atoms with Gasteiger partial charge in [0, 0.05) is 29.7 Å². The van der Waals surface area contributed by atoms with Gasteiger partial charge in [0.05, 0.1) is 6.61 Å². The quantitative estimate of drug-likeness (QED) is 0.556. The lowest BCUT2D eigenvalue weighted by atomic mass is 9.85. The summed E-state index contributed by atoms with van der Waals surface area (Å²) >= 11 is 1.74. The van der Waals surface area contributed by atoms with Gasteiger partial charge in [0.1, 0.15) is 0 Å². The zero-order chi connectivity index (χ0) is 11.0. The van der Waals surface area contributed by atoms with Crippen molar-refractivity contribution in [2.75, 3.05) is 24.7 Å². The van der Waals surface area contributed by atoms with Gasteiger partial charge in [-0.25, -0.2) is 0 Å². The largest absolute Gasteiger partial charge is 0.396 e. The molecule has 2 nitrogen and oxygen atoms in total. The van der Waals surface area contributed by atoms with Crippen molar-refractivity contribution in [2.24, 2.45) is 10.4 Å². The standard InChI is InChI=1S/C12H19NOS/c1-12(5-3-2-4-6-12)11-13-7-9-15-10-8-14/h2-5,11,14H,6-10H2,1H3. The topological polar surface area (TPSA) is 32.6 Å². The summed E-state index contributed by atoms with van der Waals surface area (Å²) in [6, 6.07) is 0. The maximum Gasteiger partial charge on any atom is 0.0521 e. The Labute approximate surface area is 96.2 Å². The second-order valence-electron chi connectivity index (χ2n) is 3.87. The van der Waals surface area contributed by atoms with Crippen LogP contribution in [-0.2, 0) is 0 Å². The third-order valence-electron chi connectivity index (χ3n) is 2.27. The van der Waals surface area contributed by atoms with Crippen LogP contribution in [0.5, 0.6) is 0 Å². The average Bonchev–Trinajstić information content (AvgIpc) is 2.24. The Balaban J connectivity index is 2.19. The SMILES string of the molecule is CC1(C=NCCSCCO)C=CC=CC1. The summed E-state index contributed by atoms with van der Waals surface area (Å²) in [7, 11) is 0. The van der Waals surface area contributed by atoms with E-state index in [0.717, 1.165) is 24.5 Å². The fourth-order valence-electron chi connectivity index (χ4n) is 1.40. The summed E-state index contributed by atoms with van der Waals surface area (Å²) in [5.74, 6) is 1.81. The van der Waals surface area contributed by atoms with Crippen LogP contribution < -0.4 is 0 Å². The van der Waals surface area contributed by atoms with Gasteiger partial charge < -0.3 is 5.11 Å². The third kappa shape index (κ3) is 5.19. The van der Waals surface area contributed by atoms with Crippen LogP contribution in [0.4, 0.5) is 0 Å². The molecule has 0 saturated heterocycles. The number of aliphatic hydroxyl groups is 1. The Morgan fingerprint density at radius 2 is 2.33 bits per heavy atom. The van der Waals surface area contributed by atoms with Crippen molar-refractivity contribution in [3.63, 3.8) is 0 Å². The van der Waals surface area contributed by atoms with Gasteiger partial charge in [-0.05, 0) is 6.42 Å². The molecule has 0 saturated carbocycles. The molecule has 1 unspecified atom stereocenters. The molecule has 1 rings (SSSR count). The summed E-state index contributed by atoms with van der Waals surface area (Å²) in [6.07, 6.45) is 11.6. The van der Waals surface area contributed by atoms with Gasteiger partial charge >= 0.3 is 0 Å². The first-order valence-corrected chi connectivity index (χ1v) is 6.46. The smallest absolute Gasteiger partial charge is 0.0521 e. The average molecular weight is 225 g/mol. The van der Waals surface area contributed by atoms with Crippen molar-refractivity contribution in [1.82, 2.24) is 0 Å². The Hall–Kier alpha value is -0.540. The molecule has 0 spiro atoms. The van der Waals surface area contributed by atoms with Crippen LogP contribution in [0.3, 0.4) is 0 Å². The molecule has 0 aromatic heterocycles. The number of hydrogen-bond acceptors (Lipinski definition) is 3. The summed E-state index contributed by atoms with van der Waals surface area (Å²) in [5.41, 5.74) is 0.108. The third-order valence-corrected chi connectivity index (χ3v) is 3.21. The molecular weight excluding hydrogens is 206 g/mol. The predicted octanol–water partition coefficient (Wildman–Crippen LogP) is 2.31. The van der Waals surface area contributed by atoms with Crippen molar-refractivity contribution in [3.05, 3.63) is 24.3 Å². The summed E-state index contributed by atoms with van der Waals surface area (Å²) in [5, 5.41) is 8.59. The molecule has 3 heteroatoms. The lowest BCUT2D eigenvalue weighted by Gasteiger charge is -2.20. The van der Waals surface area contributed by atoms with E-state index >= 15 is 0 Å². The fraction of sp³-hybridized carbons (Fsp3) is 0.583. The number of rotatable bonds is 6. The lowest BCUT2D eigenvalue weighted by molar-refractivity contribution is 0.322. The Morgan fingerprint density at radius 3 is 3.00 bits per heavy atom. The maximum absolute atomic E-state index is 8.59. The number of thioether (sulfide) groups is 1. The van der Waals surface area contributed by atoms with Gasteiger partial charge in [-0.2, -0.15) is 11.8 Å². The molecule has 0 aromatic carbocycles. The van der Waals surface area contributed by atoms with Crippen LogP contribution in [0.1, 0.15) is 13.3 Å². The van der Waals surface area contributed by atoms with Crippen LogP contribution in [0.2, 0.25) is 0 Å². The minimum atomic E-state index is 0.108. The van der Waals surface area contributed by atoms with E-state index in [0.29, 0.717) is 0 Å². The van der Waals surface area contributed by atoms with Crippen LogP contribution >= 0.6 is 11.8 Å². The van der Waals surface area contributed by atoms with E-state index in [1.54, 1.807) is 11.8 Å². The maximum atomic E-state index is 8.59. The summed E-state index contributed by atoms with van der Waals surface area (Å²) in [6.45, 7) is 3.30. The Kier molecular flexibility index (Phi) is 5.73. The molecule has 84 valence electrons. The van der Waals surface area contributed by atoms with Crippen LogP contribution in [0, 0.1) is 5.41 Å². The molecule has 0 amide bonds. The monoisotopic (exact) mass is 225 g/mol. The van der Waals surface area contributed by atoms with Gasteiger partial charge in [0.15, 0.2) is 0 Å². The number of hydrogen-bond donors (Lipinski definition) is 1. The zero-order valence-corrected chi connectivity index (χ0v) is 10.0. The van der Waals surface area contributed by atoms with E-state index < -0.39 is 0 Å². The van der Waals surface area contributed by atoms with Gasteiger partial charge in [-0.1, -0.05) is 31.2 Å². The van der Waals surface area contributed by atoms with Crippen molar-refractivity contribution in [2.45, 2.75) is 13.3 Å². The molecule has 0 aliphatic heterocycles. The van der Waals surface area contributed by atoms with E-state index in [2.05, 4.69) is 36.2 Å². The highest BCUT2D eigenvalue weighted by Crippen LogP contribution is 2.24. The van der Waals surface area contributed by atoms with Crippen molar-refractivity contribution in [1.29, 1.82) is 0 Å². The molecule has 1 aliphatic carbocycles. The molecular formula is C12H19NOS. The molecule has 1 aliphatic rings. The van der Waals surface area contributed by atoms with E-state index in [4.69, 9.17) is 5.11 Å². The molecule has 0 bridgehead atoms. The normalized spacial score (nSPS) is 25.2. The highest BCUT2D eigenvalue weighted by molar-refractivity contribution is 7.99.